The largest absolute Gasteiger partial charge is 0.378 e. The highest BCUT2D eigenvalue weighted by molar-refractivity contribution is 5.91. The number of nitrogens with zero attached hydrogens (tertiary/aromatic N) is 1. The predicted octanol–water partition coefficient (Wildman–Crippen LogP) is 0.707. The van der Waals surface area contributed by atoms with Crippen LogP contribution in [0.15, 0.2) is 18.3 Å². The second kappa shape index (κ2) is 5.75. The van der Waals surface area contributed by atoms with Gasteiger partial charge in [-0.05, 0) is 19.1 Å². The first-order valence-electron chi connectivity index (χ1n) is 5.77. The van der Waals surface area contributed by atoms with E-state index in [9.17, 15) is 4.79 Å². The standard InChI is InChI=1S/C12H17N3O2/c1-9-6-10(2-3-13-9)15-12(16)7-11-8-17-5-4-14-11/h2-3,6,11,14H,4-5,7-8H2,1H3,(H,13,15,16). The Balaban J connectivity index is 1.84. The molecule has 17 heavy (non-hydrogen) atoms. The Bertz CT molecular complexity index is 389. The summed E-state index contributed by atoms with van der Waals surface area (Å²) in [5, 5.41) is 6.10. The second-order valence-electron chi connectivity index (χ2n) is 4.16. The summed E-state index contributed by atoms with van der Waals surface area (Å²) in [6.07, 6.45) is 2.12. The lowest BCUT2D eigenvalue weighted by Crippen LogP contribution is -2.43. The fraction of sp³-hybridized carbons (Fsp3) is 0.500. The molecule has 0 radical (unpaired) electrons. The first-order valence-corrected chi connectivity index (χ1v) is 5.77. The van der Waals surface area contributed by atoms with Crippen LogP contribution in [-0.2, 0) is 9.53 Å². The normalized spacial score (nSPS) is 19.9. The molecule has 0 spiro atoms. The number of hydrogen-bond donors (Lipinski definition) is 2. The first kappa shape index (κ1) is 12.0. The summed E-state index contributed by atoms with van der Waals surface area (Å²) < 4.78 is 5.30. The van der Waals surface area contributed by atoms with Crippen molar-refractivity contribution in [1.29, 1.82) is 0 Å². The van der Waals surface area contributed by atoms with Gasteiger partial charge >= 0.3 is 0 Å². The third kappa shape index (κ3) is 3.80. The van der Waals surface area contributed by atoms with Crippen molar-refractivity contribution in [2.45, 2.75) is 19.4 Å². The molecule has 1 aliphatic rings. The molecule has 0 aromatic carbocycles. The van der Waals surface area contributed by atoms with Crippen molar-refractivity contribution < 1.29 is 9.53 Å². The van der Waals surface area contributed by atoms with E-state index in [1.165, 1.54) is 0 Å². The molecule has 0 saturated carbocycles. The van der Waals surface area contributed by atoms with Crippen molar-refractivity contribution in [2.75, 3.05) is 25.1 Å². The highest BCUT2D eigenvalue weighted by Gasteiger charge is 2.16. The average Bonchev–Trinajstić information content (AvgIpc) is 2.30. The predicted molar refractivity (Wildman–Crippen MR) is 64.8 cm³/mol. The van der Waals surface area contributed by atoms with E-state index in [2.05, 4.69) is 15.6 Å². The molecular formula is C12H17N3O2. The molecule has 1 aliphatic heterocycles. The summed E-state index contributed by atoms with van der Waals surface area (Å²) in [4.78, 5) is 15.8. The number of aromatic nitrogens is 1. The van der Waals surface area contributed by atoms with Crippen molar-refractivity contribution in [2.24, 2.45) is 0 Å². The van der Waals surface area contributed by atoms with Gasteiger partial charge in [0.2, 0.25) is 5.91 Å². The van der Waals surface area contributed by atoms with Gasteiger partial charge in [-0.3, -0.25) is 9.78 Å². The molecule has 5 nitrogen and oxygen atoms in total. The van der Waals surface area contributed by atoms with Crippen LogP contribution < -0.4 is 10.6 Å². The fourth-order valence-corrected chi connectivity index (χ4v) is 1.81. The van der Waals surface area contributed by atoms with Gasteiger partial charge in [-0.25, -0.2) is 0 Å². The van der Waals surface area contributed by atoms with E-state index in [-0.39, 0.29) is 11.9 Å². The zero-order valence-electron chi connectivity index (χ0n) is 9.90. The summed E-state index contributed by atoms with van der Waals surface area (Å²) >= 11 is 0. The maximum atomic E-state index is 11.8. The van der Waals surface area contributed by atoms with E-state index in [4.69, 9.17) is 4.74 Å². The van der Waals surface area contributed by atoms with E-state index in [1.807, 2.05) is 13.0 Å². The number of carbonyl (C=O) groups excluding carboxylic acids is 1. The van der Waals surface area contributed by atoms with Crippen LogP contribution in [0.3, 0.4) is 0 Å². The maximum absolute atomic E-state index is 11.8. The maximum Gasteiger partial charge on any atom is 0.226 e. The van der Waals surface area contributed by atoms with Crippen molar-refractivity contribution in [3.05, 3.63) is 24.0 Å². The summed E-state index contributed by atoms with van der Waals surface area (Å²) in [5.41, 5.74) is 1.68. The molecule has 1 saturated heterocycles. The number of hydrogen-bond acceptors (Lipinski definition) is 4. The summed E-state index contributed by atoms with van der Waals surface area (Å²) in [6, 6.07) is 3.75. The zero-order chi connectivity index (χ0) is 12.1. The quantitative estimate of drug-likeness (QED) is 0.810. The highest BCUT2D eigenvalue weighted by Crippen LogP contribution is 2.08. The van der Waals surface area contributed by atoms with Crippen LogP contribution in [0.5, 0.6) is 0 Å². The molecule has 2 rings (SSSR count). The number of carbonyl (C=O) groups is 1. The van der Waals surface area contributed by atoms with E-state index in [0.717, 1.165) is 24.5 Å². The molecule has 1 fully saturated rings. The SMILES string of the molecule is Cc1cc(NC(=O)CC2COCCN2)ccn1. The van der Waals surface area contributed by atoms with Crippen molar-refractivity contribution in [3.8, 4) is 0 Å². The molecular weight excluding hydrogens is 218 g/mol. The number of pyridine rings is 1. The number of rotatable bonds is 3. The Kier molecular flexibility index (Phi) is 4.06. The fourth-order valence-electron chi connectivity index (χ4n) is 1.81. The van der Waals surface area contributed by atoms with Crippen LogP contribution in [0.25, 0.3) is 0 Å². The third-order valence-corrected chi connectivity index (χ3v) is 2.61. The Morgan fingerprint density at radius 2 is 2.59 bits per heavy atom. The number of aryl methyl sites for hydroxylation is 1. The van der Waals surface area contributed by atoms with Crippen LogP contribution in [0.4, 0.5) is 5.69 Å². The van der Waals surface area contributed by atoms with Crippen molar-refractivity contribution in [3.63, 3.8) is 0 Å². The van der Waals surface area contributed by atoms with E-state index >= 15 is 0 Å². The van der Waals surface area contributed by atoms with Gasteiger partial charge in [0.1, 0.15) is 0 Å². The lowest BCUT2D eigenvalue weighted by atomic mass is 10.2. The van der Waals surface area contributed by atoms with Gasteiger partial charge < -0.3 is 15.4 Å². The third-order valence-electron chi connectivity index (χ3n) is 2.61. The molecule has 2 N–H and O–H groups in total. The van der Waals surface area contributed by atoms with Gasteiger partial charge in [0, 0.05) is 36.6 Å². The Labute approximate surface area is 101 Å². The Morgan fingerprint density at radius 3 is 3.29 bits per heavy atom. The van der Waals surface area contributed by atoms with Gasteiger partial charge in [0.25, 0.3) is 0 Å². The smallest absolute Gasteiger partial charge is 0.226 e. The van der Waals surface area contributed by atoms with Crippen molar-refractivity contribution in [1.82, 2.24) is 10.3 Å². The molecule has 92 valence electrons. The van der Waals surface area contributed by atoms with E-state index in [1.54, 1.807) is 12.3 Å². The lowest BCUT2D eigenvalue weighted by molar-refractivity contribution is -0.117. The van der Waals surface area contributed by atoms with E-state index < -0.39 is 0 Å². The van der Waals surface area contributed by atoms with Crippen LogP contribution in [0, 0.1) is 6.92 Å². The van der Waals surface area contributed by atoms with Crippen LogP contribution in [0.2, 0.25) is 0 Å². The molecule has 1 unspecified atom stereocenters. The van der Waals surface area contributed by atoms with E-state index in [0.29, 0.717) is 13.0 Å². The summed E-state index contributed by atoms with van der Waals surface area (Å²) in [6.45, 7) is 4.03. The monoisotopic (exact) mass is 235 g/mol. The van der Waals surface area contributed by atoms with Crippen LogP contribution >= 0.6 is 0 Å². The number of morpholine rings is 1. The molecule has 1 aromatic rings. The zero-order valence-corrected chi connectivity index (χ0v) is 9.90. The molecule has 1 amide bonds. The first-order chi connectivity index (χ1) is 8.24. The number of anilines is 1. The van der Waals surface area contributed by atoms with Crippen molar-refractivity contribution >= 4 is 11.6 Å². The van der Waals surface area contributed by atoms with Crippen LogP contribution in [-0.4, -0.2) is 36.7 Å². The van der Waals surface area contributed by atoms with Gasteiger partial charge in [-0.2, -0.15) is 0 Å². The topological polar surface area (TPSA) is 63.2 Å². The highest BCUT2D eigenvalue weighted by atomic mass is 16.5. The molecule has 5 heteroatoms. The number of ether oxygens (including phenoxy) is 1. The molecule has 1 atom stereocenters. The molecule has 0 aliphatic carbocycles. The average molecular weight is 235 g/mol. The minimum atomic E-state index is -0.00130. The molecule has 0 bridgehead atoms. The summed E-state index contributed by atoms with van der Waals surface area (Å²) in [7, 11) is 0. The van der Waals surface area contributed by atoms with Gasteiger partial charge in [-0.15, -0.1) is 0 Å². The number of amides is 1. The van der Waals surface area contributed by atoms with Gasteiger partial charge in [-0.1, -0.05) is 0 Å². The van der Waals surface area contributed by atoms with Gasteiger partial charge in [0.15, 0.2) is 0 Å². The minimum Gasteiger partial charge on any atom is -0.378 e. The molecule has 2 heterocycles. The minimum absolute atomic E-state index is 0.00130. The Morgan fingerprint density at radius 1 is 1.71 bits per heavy atom. The summed E-state index contributed by atoms with van der Waals surface area (Å²) in [5.74, 6) is -0.00130. The second-order valence-corrected chi connectivity index (χ2v) is 4.16. The number of nitrogens with one attached hydrogen (secondary N) is 2. The Hall–Kier alpha value is -1.46. The van der Waals surface area contributed by atoms with Crippen LogP contribution in [0.1, 0.15) is 12.1 Å². The van der Waals surface area contributed by atoms with Gasteiger partial charge in [0.05, 0.1) is 13.2 Å². The lowest BCUT2D eigenvalue weighted by Gasteiger charge is -2.23. The molecule has 1 aromatic heterocycles.